The second kappa shape index (κ2) is 7.38. The number of sulfone groups is 1. The molecule has 0 aromatic carbocycles. The van der Waals surface area contributed by atoms with E-state index in [2.05, 4.69) is 0 Å². The summed E-state index contributed by atoms with van der Waals surface area (Å²) in [5, 5.41) is 17.4. The fraction of sp³-hybridized carbons (Fsp3) is 0.750. The molecule has 0 aromatic rings. The second-order valence-electron chi connectivity index (χ2n) is 5.08. The quantitative estimate of drug-likeness (QED) is 0.635. The van der Waals surface area contributed by atoms with Crippen LogP contribution in [0.1, 0.15) is 12.8 Å². The summed E-state index contributed by atoms with van der Waals surface area (Å²) in [5.74, 6) is -1.52. The van der Waals surface area contributed by atoms with Gasteiger partial charge in [-0.1, -0.05) is 0 Å². The van der Waals surface area contributed by atoms with Crippen LogP contribution in [0.4, 0.5) is 0 Å². The van der Waals surface area contributed by atoms with Crippen molar-refractivity contribution in [3.8, 4) is 6.07 Å². The highest BCUT2D eigenvalue weighted by molar-refractivity contribution is 7.91. The smallest absolute Gasteiger partial charge is 0.317 e. The Morgan fingerprint density at radius 3 is 2.52 bits per heavy atom. The van der Waals surface area contributed by atoms with Crippen LogP contribution in [0, 0.1) is 11.3 Å². The molecule has 1 unspecified atom stereocenters. The van der Waals surface area contributed by atoms with Gasteiger partial charge in [0.1, 0.15) is 0 Å². The molecule has 1 rings (SSSR count). The molecule has 1 amide bonds. The van der Waals surface area contributed by atoms with Gasteiger partial charge in [0, 0.05) is 19.6 Å². The zero-order valence-electron chi connectivity index (χ0n) is 11.9. The van der Waals surface area contributed by atoms with Crippen LogP contribution >= 0.6 is 0 Å². The van der Waals surface area contributed by atoms with Crippen LogP contribution in [-0.2, 0) is 19.4 Å². The maximum absolute atomic E-state index is 12.0. The van der Waals surface area contributed by atoms with E-state index < -0.39 is 21.8 Å². The van der Waals surface area contributed by atoms with Crippen LogP contribution in [0.3, 0.4) is 0 Å². The molecule has 21 heavy (non-hydrogen) atoms. The number of likely N-dealkylation sites (N-methyl/N-ethyl adjacent to an activating group) is 1. The van der Waals surface area contributed by atoms with E-state index in [-0.39, 0.29) is 43.5 Å². The lowest BCUT2D eigenvalue weighted by molar-refractivity contribution is -0.140. The topological polar surface area (TPSA) is 119 Å². The Labute approximate surface area is 123 Å². The van der Waals surface area contributed by atoms with E-state index in [1.54, 1.807) is 0 Å². The van der Waals surface area contributed by atoms with Crippen molar-refractivity contribution in [3.63, 3.8) is 0 Å². The summed E-state index contributed by atoms with van der Waals surface area (Å²) in [6.45, 7) is -0.272. The summed E-state index contributed by atoms with van der Waals surface area (Å²) in [5.41, 5.74) is 0. The van der Waals surface area contributed by atoms with E-state index in [0.29, 0.717) is 6.42 Å². The Hall–Kier alpha value is -1.66. The predicted molar refractivity (Wildman–Crippen MR) is 74.1 cm³/mol. The predicted octanol–water partition coefficient (Wildman–Crippen LogP) is -1.07. The molecule has 0 radical (unpaired) electrons. The molecule has 9 heteroatoms. The average Bonchev–Trinajstić information content (AvgIpc) is 2.74. The van der Waals surface area contributed by atoms with E-state index in [9.17, 15) is 18.0 Å². The first-order valence-electron chi connectivity index (χ1n) is 6.52. The molecule has 1 fully saturated rings. The highest BCUT2D eigenvalue weighted by atomic mass is 32.2. The van der Waals surface area contributed by atoms with Gasteiger partial charge < -0.3 is 10.0 Å². The zero-order chi connectivity index (χ0) is 16.0. The number of carboxylic acids is 1. The number of carboxylic acid groups (broad SMARTS) is 1. The number of aliphatic carboxylic acids is 1. The number of amides is 1. The summed E-state index contributed by atoms with van der Waals surface area (Å²) in [6.07, 6.45) is 0.532. The Morgan fingerprint density at radius 1 is 1.38 bits per heavy atom. The lowest BCUT2D eigenvalue weighted by atomic mass is 10.2. The van der Waals surface area contributed by atoms with Gasteiger partial charge in [-0.15, -0.1) is 0 Å². The van der Waals surface area contributed by atoms with Gasteiger partial charge in [0.25, 0.3) is 0 Å². The van der Waals surface area contributed by atoms with Crippen molar-refractivity contribution < 1.29 is 23.1 Å². The molecule has 1 atom stereocenters. The monoisotopic (exact) mass is 317 g/mol. The molecule has 1 aliphatic heterocycles. The van der Waals surface area contributed by atoms with Crippen molar-refractivity contribution in [1.82, 2.24) is 9.80 Å². The molecule has 8 nitrogen and oxygen atoms in total. The van der Waals surface area contributed by atoms with Gasteiger partial charge >= 0.3 is 5.97 Å². The van der Waals surface area contributed by atoms with Gasteiger partial charge in [-0.25, -0.2) is 8.42 Å². The molecule has 0 bridgehead atoms. The summed E-state index contributed by atoms with van der Waals surface area (Å²) in [7, 11) is -1.62. The molecule has 1 N–H and O–H groups in total. The number of hydrogen-bond acceptors (Lipinski definition) is 6. The highest BCUT2D eigenvalue weighted by Gasteiger charge is 2.34. The maximum Gasteiger partial charge on any atom is 0.317 e. The average molecular weight is 317 g/mol. The number of nitrogens with zero attached hydrogens (tertiary/aromatic N) is 3. The summed E-state index contributed by atoms with van der Waals surface area (Å²) in [4.78, 5) is 25.6. The van der Waals surface area contributed by atoms with Crippen LogP contribution < -0.4 is 0 Å². The zero-order valence-corrected chi connectivity index (χ0v) is 12.7. The van der Waals surface area contributed by atoms with Crippen molar-refractivity contribution in [2.24, 2.45) is 0 Å². The largest absolute Gasteiger partial charge is 0.480 e. The van der Waals surface area contributed by atoms with Crippen molar-refractivity contribution in [1.29, 1.82) is 5.26 Å². The molecule has 118 valence electrons. The first-order chi connectivity index (χ1) is 9.75. The van der Waals surface area contributed by atoms with Crippen LogP contribution in [0.25, 0.3) is 0 Å². The lowest BCUT2D eigenvalue weighted by Gasteiger charge is -2.27. The van der Waals surface area contributed by atoms with Gasteiger partial charge in [0.2, 0.25) is 5.91 Å². The van der Waals surface area contributed by atoms with Crippen LogP contribution in [0.15, 0.2) is 0 Å². The molecule has 0 spiro atoms. The first-order valence-corrected chi connectivity index (χ1v) is 8.34. The van der Waals surface area contributed by atoms with Crippen LogP contribution in [-0.4, -0.2) is 79.4 Å². The molecule has 1 saturated heterocycles. The minimum absolute atomic E-state index is 0.0201. The molecular formula is C12H19N3O5S. The van der Waals surface area contributed by atoms with E-state index in [1.165, 1.54) is 16.8 Å². The number of carbonyl (C=O) groups is 2. The summed E-state index contributed by atoms with van der Waals surface area (Å²) >= 11 is 0. The number of nitriles is 1. The third-order valence-corrected chi connectivity index (χ3v) is 5.14. The van der Waals surface area contributed by atoms with Gasteiger partial charge in [-0.3, -0.25) is 14.5 Å². The molecule has 0 saturated carbocycles. The fourth-order valence-electron chi connectivity index (χ4n) is 2.19. The highest BCUT2D eigenvalue weighted by Crippen LogP contribution is 2.17. The second-order valence-corrected chi connectivity index (χ2v) is 7.31. The van der Waals surface area contributed by atoms with Crippen molar-refractivity contribution in [2.75, 3.05) is 38.2 Å². The fourth-order valence-corrected chi connectivity index (χ4v) is 3.95. The van der Waals surface area contributed by atoms with Gasteiger partial charge in [0.05, 0.1) is 37.1 Å². The maximum atomic E-state index is 12.0. The van der Waals surface area contributed by atoms with Gasteiger partial charge in [-0.05, 0) is 6.42 Å². The third kappa shape index (κ3) is 5.69. The molecule has 1 heterocycles. The number of carbonyl (C=O) groups excluding carboxylic acids is 1. The Bertz CT molecular complexity index is 540. The number of rotatable bonds is 7. The first kappa shape index (κ1) is 17.4. The normalized spacial score (nSPS) is 20.1. The Balaban J connectivity index is 2.68. The van der Waals surface area contributed by atoms with Crippen molar-refractivity contribution in [2.45, 2.75) is 18.9 Å². The summed E-state index contributed by atoms with van der Waals surface area (Å²) in [6, 6.07) is 1.48. The van der Waals surface area contributed by atoms with Gasteiger partial charge in [0.15, 0.2) is 9.84 Å². The van der Waals surface area contributed by atoms with E-state index >= 15 is 0 Å². The number of hydrogen-bond donors (Lipinski definition) is 1. The SMILES string of the molecule is CN(CCC#N)C(=O)CN(CC(=O)O)C1CCS(=O)(=O)C1. The molecular weight excluding hydrogens is 298 g/mol. The van der Waals surface area contributed by atoms with Crippen LogP contribution in [0.5, 0.6) is 0 Å². The standard InChI is InChI=1S/C12H19N3O5S/c1-14(5-2-4-13)11(16)7-15(8-12(17)18)10-3-6-21(19,20)9-10/h10H,2-3,5-9H2,1H3,(H,17,18). The summed E-state index contributed by atoms with van der Waals surface area (Å²) < 4.78 is 23.0. The van der Waals surface area contributed by atoms with Crippen molar-refractivity contribution >= 4 is 21.7 Å². The Kier molecular flexibility index (Phi) is 6.11. The van der Waals surface area contributed by atoms with Crippen LogP contribution in [0.2, 0.25) is 0 Å². The Morgan fingerprint density at radius 2 is 2.05 bits per heavy atom. The van der Waals surface area contributed by atoms with Crippen molar-refractivity contribution in [3.05, 3.63) is 0 Å². The minimum atomic E-state index is -3.15. The minimum Gasteiger partial charge on any atom is -0.480 e. The third-order valence-electron chi connectivity index (χ3n) is 3.39. The van der Waals surface area contributed by atoms with E-state index in [1.807, 2.05) is 6.07 Å². The van der Waals surface area contributed by atoms with E-state index in [0.717, 1.165) is 0 Å². The molecule has 0 aliphatic carbocycles. The van der Waals surface area contributed by atoms with E-state index in [4.69, 9.17) is 10.4 Å². The van der Waals surface area contributed by atoms with Gasteiger partial charge in [-0.2, -0.15) is 5.26 Å². The molecule has 1 aliphatic rings. The molecule has 0 aromatic heterocycles. The lowest BCUT2D eigenvalue weighted by Crippen LogP contribution is -2.46.